The van der Waals surface area contributed by atoms with Gasteiger partial charge in [0, 0.05) is 18.7 Å². The van der Waals surface area contributed by atoms with Gasteiger partial charge in [-0.2, -0.15) is 0 Å². The zero-order valence-electron chi connectivity index (χ0n) is 11.8. The van der Waals surface area contributed by atoms with Crippen molar-refractivity contribution in [1.82, 2.24) is 5.32 Å². The smallest absolute Gasteiger partial charge is 0.0336 e. The molecule has 1 rings (SSSR count). The van der Waals surface area contributed by atoms with Gasteiger partial charge in [0.2, 0.25) is 0 Å². The van der Waals surface area contributed by atoms with E-state index < -0.39 is 0 Å². The minimum absolute atomic E-state index is 0.723. The second-order valence-corrected chi connectivity index (χ2v) is 4.94. The van der Waals surface area contributed by atoms with Crippen molar-refractivity contribution in [2.45, 2.75) is 46.0 Å². The average molecular weight is 246 g/mol. The third kappa shape index (κ3) is 5.97. The highest BCUT2D eigenvalue weighted by Gasteiger charge is 2.01. The summed E-state index contributed by atoms with van der Waals surface area (Å²) >= 11 is 0. The molecular weight excluding hydrogens is 220 g/mol. The molecule has 0 aromatic heterocycles. The average Bonchev–Trinajstić information content (AvgIpc) is 2.36. The van der Waals surface area contributed by atoms with Crippen LogP contribution in [0.25, 0.3) is 0 Å². The molecule has 0 radical (unpaired) electrons. The number of aryl methyl sites for hydroxylation is 1. The van der Waals surface area contributed by atoms with Gasteiger partial charge in [0.05, 0.1) is 0 Å². The minimum Gasteiger partial charge on any atom is -0.311 e. The lowest BCUT2D eigenvalue weighted by molar-refractivity contribution is 0.623. The highest BCUT2D eigenvalue weighted by Crippen LogP contribution is 2.07. The van der Waals surface area contributed by atoms with Crippen molar-refractivity contribution in [3.05, 3.63) is 35.4 Å². The van der Waals surface area contributed by atoms with Gasteiger partial charge >= 0.3 is 0 Å². The van der Waals surface area contributed by atoms with Gasteiger partial charge in [-0.15, -0.1) is 0 Å². The molecule has 0 saturated carbocycles. The molecule has 0 heterocycles. The van der Waals surface area contributed by atoms with Gasteiger partial charge < -0.3 is 10.7 Å². The van der Waals surface area contributed by atoms with Crippen molar-refractivity contribution >= 4 is 5.71 Å². The van der Waals surface area contributed by atoms with Crippen LogP contribution in [0.3, 0.4) is 0 Å². The van der Waals surface area contributed by atoms with E-state index in [-0.39, 0.29) is 0 Å². The van der Waals surface area contributed by atoms with Crippen LogP contribution < -0.4 is 5.32 Å². The van der Waals surface area contributed by atoms with Crippen LogP contribution in [0, 0.1) is 12.3 Å². The number of nitrogens with one attached hydrogen (secondary N) is 2. The fourth-order valence-electron chi connectivity index (χ4n) is 2.02. The Morgan fingerprint density at radius 3 is 2.67 bits per heavy atom. The van der Waals surface area contributed by atoms with Crippen LogP contribution in [0.2, 0.25) is 0 Å². The Morgan fingerprint density at radius 1 is 1.17 bits per heavy atom. The SMILES string of the molecule is CCCCCCNCC(=N)Cc1ccccc1C. The zero-order valence-corrected chi connectivity index (χ0v) is 11.8. The molecule has 0 aliphatic rings. The summed E-state index contributed by atoms with van der Waals surface area (Å²) in [6, 6.07) is 8.33. The first-order valence-corrected chi connectivity index (χ1v) is 7.05. The third-order valence-corrected chi connectivity index (χ3v) is 3.21. The number of benzene rings is 1. The molecule has 18 heavy (non-hydrogen) atoms. The van der Waals surface area contributed by atoms with E-state index in [4.69, 9.17) is 5.41 Å². The van der Waals surface area contributed by atoms with E-state index in [1.165, 1.54) is 36.8 Å². The van der Waals surface area contributed by atoms with Gasteiger partial charge in [-0.25, -0.2) is 0 Å². The fourth-order valence-corrected chi connectivity index (χ4v) is 2.02. The number of unbranched alkanes of at least 4 members (excludes halogenated alkanes) is 3. The maximum absolute atomic E-state index is 7.98. The number of hydrogen-bond donors (Lipinski definition) is 2. The van der Waals surface area contributed by atoms with Gasteiger partial charge in [0.15, 0.2) is 0 Å². The first kappa shape index (κ1) is 14.9. The molecule has 2 N–H and O–H groups in total. The molecule has 100 valence electrons. The quantitative estimate of drug-likeness (QED) is 0.505. The summed E-state index contributed by atoms with van der Waals surface area (Å²) in [7, 11) is 0. The Morgan fingerprint density at radius 2 is 1.94 bits per heavy atom. The second-order valence-electron chi connectivity index (χ2n) is 4.94. The molecule has 2 heteroatoms. The van der Waals surface area contributed by atoms with E-state index in [1.54, 1.807) is 0 Å². The van der Waals surface area contributed by atoms with Crippen LogP contribution in [-0.4, -0.2) is 18.8 Å². The van der Waals surface area contributed by atoms with Crippen LogP contribution in [0.1, 0.15) is 43.7 Å². The largest absolute Gasteiger partial charge is 0.311 e. The molecule has 0 atom stereocenters. The Kier molecular flexibility index (Phi) is 7.35. The van der Waals surface area contributed by atoms with Crippen molar-refractivity contribution in [2.24, 2.45) is 0 Å². The van der Waals surface area contributed by atoms with Crippen LogP contribution in [-0.2, 0) is 6.42 Å². The molecule has 0 aliphatic carbocycles. The van der Waals surface area contributed by atoms with Crippen molar-refractivity contribution in [1.29, 1.82) is 5.41 Å². The number of rotatable bonds is 9. The lowest BCUT2D eigenvalue weighted by Gasteiger charge is -2.08. The molecule has 0 fully saturated rings. The van der Waals surface area contributed by atoms with E-state index in [2.05, 4.69) is 37.4 Å². The van der Waals surface area contributed by atoms with Crippen LogP contribution >= 0.6 is 0 Å². The lowest BCUT2D eigenvalue weighted by atomic mass is 10.0. The summed E-state index contributed by atoms with van der Waals surface area (Å²) in [6.45, 7) is 6.10. The molecule has 2 nitrogen and oxygen atoms in total. The topological polar surface area (TPSA) is 35.9 Å². The molecule has 1 aromatic rings. The molecular formula is C16H26N2. The van der Waals surface area contributed by atoms with Crippen molar-refractivity contribution in [3.63, 3.8) is 0 Å². The first-order chi connectivity index (χ1) is 8.74. The highest BCUT2D eigenvalue weighted by molar-refractivity contribution is 5.85. The molecule has 0 spiro atoms. The van der Waals surface area contributed by atoms with Crippen LogP contribution in [0.5, 0.6) is 0 Å². The van der Waals surface area contributed by atoms with Crippen molar-refractivity contribution in [2.75, 3.05) is 13.1 Å². The molecule has 0 aliphatic heterocycles. The van der Waals surface area contributed by atoms with Gasteiger partial charge in [-0.05, 0) is 31.0 Å². The van der Waals surface area contributed by atoms with Crippen LogP contribution in [0.15, 0.2) is 24.3 Å². The van der Waals surface area contributed by atoms with E-state index >= 15 is 0 Å². The normalized spacial score (nSPS) is 10.6. The summed E-state index contributed by atoms with van der Waals surface area (Å²) in [5.41, 5.74) is 3.33. The highest BCUT2D eigenvalue weighted by atomic mass is 14.9. The molecule has 0 amide bonds. The van der Waals surface area contributed by atoms with E-state index in [1.807, 2.05) is 6.07 Å². The Labute approximate surface area is 111 Å². The monoisotopic (exact) mass is 246 g/mol. The predicted octanol–water partition coefficient (Wildman–Crippen LogP) is 3.73. The Bertz CT molecular complexity index is 358. The van der Waals surface area contributed by atoms with E-state index in [0.717, 1.165) is 25.2 Å². The first-order valence-electron chi connectivity index (χ1n) is 7.05. The van der Waals surface area contributed by atoms with Gasteiger partial charge in [0.25, 0.3) is 0 Å². The maximum atomic E-state index is 7.98. The van der Waals surface area contributed by atoms with E-state index in [0.29, 0.717) is 0 Å². The molecule has 0 unspecified atom stereocenters. The third-order valence-electron chi connectivity index (χ3n) is 3.21. The van der Waals surface area contributed by atoms with E-state index in [9.17, 15) is 0 Å². The lowest BCUT2D eigenvalue weighted by Crippen LogP contribution is -2.24. The Balaban J connectivity index is 2.16. The Hall–Kier alpha value is -1.15. The van der Waals surface area contributed by atoms with Crippen LogP contribution in [0.4, 0.5) is 0 Å². The fraction of sp³-hybridized carbons (Fsp3) is 0.562. The molecule has 0 saturated heterocycles. The number of hydrogen-bond acceptors (Lipinski definition) is 2. The van der Waals surface area contributed by atoms with Gasteiger partial charge in [-0.1, -0.05) is 50.5 Å². The zero-order chi connectivity index (χ0) is 13.2. The minimum atomic E-state index is 0.723. The summed E-state index contributed by atoms with van der Waals surface area (Å²) < 4.78 is 0. The second kappa shape index (κ2) is 8.87. The summed E-state index contributed by atoms with van der Waals surface area (Å²) in [6.07, 6.45) is 5.90. The predicted molar refractivity (Wildman–Crippen MR) is 79.6 cm³/mol. The van der Waals surface area contributed by atoms with Gasteiger partial charge in [0.1, 0.15) is 0 Å². The summed E-state index contributed by atoms with van der Waals surface area (Å²) in [4.78, 5) is 0. The van der Waals surface area contributed by atoms with Crippen molar-refractivity contribution in [3.8, 4) is 0 Å². The maximum Gasteiger partial charge on any atom is 0.0336 e. The van der Waals surface area contributed by atoms with Gasteiger partial charge in [-0.3, -0.25) is 0 Å². The van der Waals surface area contributed by atoms with Crippen molar-refractivity contribution < 1.29 is 0 Å². The molecule has 0 bridgehead atoms. The summed E-state index contributed by atoms with van der Waals surface area (Å²) in [5, 5.41) is 11.3. The molecule has 1 aromatic carbocycles. The summed E-state index contributed by atoms with van der Waals surface area (Å²) in [5.74, 6) is 0. The standard InChI is InChI=1S/C16H26N2/c1-3-4-5-8-11-18-13-16(17)12-15-10-7-6-9-14(15)2/h6-7,9-10,17-18H,3-5,8,11-13H2,1-2H3.